The van der Waals surface area contributed by atoms with Gasteiger partial charge in [0.1, 0.15) is 6.61 Å². The number of ether oxygens (including phenoxy) is 2. The standard InChI is InChI=1S/C22H24F3NO3/c23-22(24,25)21(27)17-9-11-26(12-10-17)13-15-5-7-16(8-6-15)20-14-28-18-3-1-2-4-19(18)29-20/h1-8,17,20-21,27H,9-14H2/t20-,21?/m1/s1. The van der Waals surface area contributed by atoms with E-state index in [9.17, 15) is 18.3 Å². The van der Waals surface area contributed by atoms with Gasteiger partial charge in [-0.15, -0.1) is 0 Å². The molecule has 2 atom stereocenters. The van der Waals surface area contributed by atoms with E-state index < -0.39 is 18.2 Å². The van der Waals surface area contributed by atoms with E-state index >= 15 is 0 Å². The highest BCUT2D eigenvalue weighted by atomic mass is 19.4. The Morgan fingerprint density at radius 2 is 1.66 bits per heavy atom. The second kappa shape index (κ2) is 8.24. The number of alkyl halides is 3. The topological polar surface area (TPSA) is 41.9 Å². The molecule has 0 aliphatic carbocycles. The zero-order chi connectivity index (χ0) is 20.4. The number of benzene rings is 2. The Bertz CT molecular complexity index is 817. The lowest BCUT2D eigenvalue weighted by Gasteiger charge is -2.34. The number of rotatable bonds is 4. The maximum Gasteiger partial charge on any atom is 0.414 e. The minimum atomic E-state index is -4.53. The third-order valence-electron chi connectivity index (χ3n) is 5.68. The summed E-state index contributed by atoms with van der Waals surface area (Å²) in [6.45, 7) is 2.23. The average molecular weight is 407 g/mol. The van der Waals surface area contributed by atoms with Crippen LogP contribution in [0.4, 0.5) is 13.2 Å². The summed E-state index contributed by atoms with van der Waals surface area (Å²) in [6.07, 6.45) is -6.21. The molecule has 1 unspecified atom stereocenters. The fraction of sp³-hybridized carbons (Fsp3) is 0.455. The molecule has 0 saturated carbocycles. The number of hydrogen-bond donors (Lipinski definition) is 1. The molecule has 0 aromatic heterocycles. The Morgan fingerprint density at radius 1 is 1.00 bits per heavy atom. The number of likely N-dealkylation sites (tertiary alicyclic amines) is 1. The fourth-order valence-electron chi connectivity index (χ4n) is 3.97. The van der Waals surface area contributed by atoms with Gasteiger partial charge in [0.25, 0.3) is 0 Å². The zero-order valence-electron chi connectivity index (χ0n) is 15.9. The van der Waals surface area contributed by atoms with Crippen LogP contribution in [-0.4, -0.2) is 42.0 Å². The quantitative estimate of drug-likeness (QED) is 0.819. The van der Waals surface area contributed by atoms with Gasteiger partial charge >= 0.3 is 6.18 Å². The molecule has 1 N–H and O–H groups in total. The third kappa shape index (κ3) is 4.67. The van der Waals surface area contributed by atoms with Crippen LogP contribution in [0.1, 0.15) is 30.1 Å². The molecule has 4 rings (SSSR count). The minimum Gasteiger partial charge on any atom is -0.485 e. The predicted octanol–water partition coefficient (Wildman–Crippen LogP) is 4.33. The first-order valence-corrected chi connectivity index (χ1v) is 9.84. The highest BCUT2D eigenvalue weighted by Gasteiger charge is 2.44. The van der Waals surface area contributed by atoms with Gasteiger partial charge in [-0.3, -0.25) is 4.90 Å². The molecular weight excluding hydrogens is 383 g/mol. The first kappa shape index (κ1) is 20.0. The maximum atomic E-state index is 12.7. The fourth-order valence-corrected chi connectivity index (χ4v) is 3.97. The van der Waals surface area contributed by atoms with E-state index in [1.165, 1.54) is 0 Å². The lowest BCUT2D eigenvalue weighted by Crippen LogP contribution is -2.43. The molecule has 0 amide bonds. The van der Waals surface area contributed by atoms with E-state index in [2.05, 4.69) is 4.90 Å². The van der Waals surface area contributed by atoms with Crippen molar-refractivity contribution in [1.29, 1.82) is 0 Å². The van der Waals surface area contributed by atoms with Crippen molar-refractivity contribution in [2.24, 2.45) is 5.92 Å². The summed E-state index contributed by atoms with van der Waals surface area (Å²) in [4.78, 5) is 2.13. The summed E-state index contributed by atoms with van der Waals surface area (Å²) in [5, 5.41) is 9.44. The van der Waals surface area contributed by atoms with Crippen molar-refractivity contribution in [1.82, 2.24) is 4.90 Å². The van der Waals surface area contributed by atoms with Crippen LogP contribution in [0.15, 0.2) is 48.5 Å². The van der Waals surface area contributed by atoms with Crippen molar-refractivity contribution in [2.75, 3.05) is 19.7 Å². The van der Waals surface area contributed by atoms with Crippen molar-refractivity contribution in [3.63, 3.8) is 0 Å². The number of hydrogen-bond acceptors (Lipinski definition) is 4. The van der Waals surface area contributed by atoms with E-state index in [-0.39, 0.29) is 6.10 Å². The third-order valence-corrected chi connectivity index (χ3v) is 5.68. The largest absolute Gasteiger partial charge is 0.485 e. The molecule has 2 aromatic carbocycles. The van der Waals surface area contributed by atoms with Crippen molar-refractivity contribution in [3.8, 4) is 11.5 Å². The first-order valence-electron chi connectivity index (χ1n) is 9.84. The van der Waals surface area contributed by atoms with Crippen LogP contribution >= 0.6 is 0 Å². The Hall–Kier alpha value is -2.25. The van der Waals surface area contributed by atoms with Crippen molar-refractivity contribution < 1.29 is 27.8 Å². The van der Waals surface area contributed by atoms with Gasteiger partial charge in [0, 0.05) is 6.54 Å². The molecule has 1 fully saturated rings. The van der Waals surface area contributed by atoms with Crippen LogP contribution in [0.25, 0.3) is 0 Å². The van der Waals surface area contributed by atoms with Crippen LogP contribution in [0.2, 0.25) is 0 Å². The predicted molar refractivity (Wildman–Crippen MR) is 102 cm³/mol. The zero-order valence-corrected chi connectivity index (χ0v) is 15.9. The number of para-hydroxylation sites is 2. The van der Waals surface area contributed by atoms with E-state index in [0.29, 0.717) is 39.1 Å². The Kier molecular flexibility index (Phi) is 5.69. The summed E-state index contributed by atoms with van der Waals surface area (Å²) in [5.74, 6) is 0.774. The van der Waals surface area contributed by atoms with Crippen molar-refractivity contribution in [2.45, 2.75) is 37.8 Å². The van der Waals surface area contributed by atoms with Gasteiger partial charge in [-0.2, -0.15) is 13.2 Å². The first-order chi connectivity index (χ1) is 13.9. The van der Waals surface area contributed by atoms with Crippen LogP contribution in [-0.2, 0) is 6.54 Å². The highest BCUT2D eigenvalue weighted by Crippen LogP contribution is 2.36. The molecule has 4 nitrogen and oxygen atoms in total. The number of piperidine rings is 1. The number of aliphatic hydroxyl groups excluding tert-OH is 1. The maximum absolute atomic E-state index is 12.7. The Morgan fingerprint density at radius 3 is 2.31 bits per heavy atom. The molecule has 2 aliphatic heterocycles. The van der Waals surface area contributed by atoms with E-state index in [1.54, 1.807) is 0 Å². The molecule has 156 valence electrons. The smallest absolute Gasteiger partial charge is 0.414 e. The summed E-state index contributed by atoms with van der Waals surface area (Å²) in [5.41, 5.74) is 2.12. The summed E-state index contributed by atoms with van der Waals surface area (Å²) in [7, 11) is 0. The minimum absolute atomic E-state index is 0.168. The van der Waals surface area contributed by atoms with Crippen LogP contribution in [0.5, 0.6) is 11.5 Å². The molecule has 29 heavy (non-hydrogen) atoms. The molecule has 2 heterocycles. The van der Waals surface area contributed by atoms with Gasteiger partial charge in [0.2, 0.25) is 0 Å². The lowest BCUT2D eigenvalue weighted by atomic mass is 9.90. The van der Waals surface area contributed by atoms with E-state index in [4.69, 9.17) is 9.47 Å². The molecule has 0 bridgehead atoms. The summed E-state index contributed by atoms with van der Waals surface area (Å²) < 4.78 is 49.8. The summed E-state index contributed by atoms with van der Waals surface area (Å²) in [6, 6.07) is 15.6. The van der Waals surface area contributed by atoms with E-state index in [0.717, 1.165) is 22.6 Å². The summed E-state index contributed by atoms with van der Waals surface area (Å²) >= 11 is 0. The normalized spacial score (nSPS) is 21.7. The second-order valence-corrected chi connectivity index (χ2v) is 7.71. The van der Waals surface area contributed by atoms with Crippen molar-refractivity contribution in [3.05, 3.63) is 59.7 Å². The number of aliphatic hydroxyl groups is 1. The van der Waals surface area contributed by atoms with Gasteiger partial charge in [-0.05, 0) is 55.1 Å². The van der Waals surface area contributed by atoms with Gasteiger partial charge in [0.05, 0.1) is 0 Å². The Labute approximate surface area is 167 Å². The van der Waals surface area contributed by atoms with Gasteiger partial charge in [-0.1, -0.05) is 36.4 Å². The van der Waals surface area contributed by atoms with Gasteiger partial charge < -0.3 is 14.6 Å². The second-order valence-electron chi connectivity index (χ2n) is 7.71. The lowest BCUT2D eigenvalue weighted by molar-refractivity contribution is -0.223. The van der Waals surface area contributed by atoms with E-state index in [1.807, 2.05) is 48.5 Å². The van der Waals surface area contributed by atoms with Crippen LogP contribution in [0.3, 0.4) is 0 Å². The molecule has 1 saturated heterocycles. The molecule has 7 heteroatoms. The Balaban J connectivity index is 1.31. The molecule has 2 aromatic rings. The molecule has 0 spiro atoms. The number of fused-ring (bicyclic) bond motifs is 1. The highest BCUT2D eigenvalue weighted by molar-refractivity contribution is 5.41. The molecular formula is C22H24F3NO3. The number of halogens is 3. The van der Waals surface area contributed by atoms with Gasteiger partial charge in [-0.25, -0.2) is 0 Å². The van der Waals surface area contributed by atoms with Crippen LogP contribution in [0, 0.1) is 5.92 Å². The molecule has 2 aliphatic rings. The average Bonchev–Trinajstić information content (AvgIpc) is 2.73. The number of nitrogens with zero attached hydrogens (tertiary/aromatic N) is 1. The van der Waals surface area contributed by atoms with Gasteiger partial charge in [0.15, 0.2) is 23.7 Å². The van der Waals surface area contributed by atoms with Crippen molar-refractivity contribution >= 4 is 0 Å². The monoisotopic (exact) mass is 407 g/mol. The SMILES string of the molecule is OC(C1CCN(Cc2ccc([C@H]3COc4ccccc4O3)cc2)CC1)C(F)(F)F. The molecule has 0 radical (unpaired) electrons. The van der Waals surface area contributed by atoms with Crippen LogP contribution < -0.4 is 9.47 Å².